The molecule has 22 heavy (non-hydrogen) atoms. The van der Waals surface area contributed by atoms with Crippen LogP contribution in [0.15, 0.2) is 40.1 Å². The van der Waals surface area contributed by atoms with E-state index >= 15 is 0 Å². The first kappa shape index (κ1) is 16.6. The number of anilines is 1. The molecule has 118 valence electrons. The third-order valence-corrected chi connectivity index (χ3v) is 4.51. The molecule has 0 unspecified atom stereocenters. The zero-order chi connectivity index (χ0) is 16.7. The topological polar surface area (TPSA) is 152 Å². The molecule has 0 saturated carbocycles. The van der Waals surface area contributed by atoms with E-state index in [0.29, 0.717) is 11.8 Å². The molecule has 0 aliphatic rings. The van der Waals surface area contributed by atoms with E-state index < -0.39 is 30.0 Å². The zero-order valence-electron chi connectivity index (χ0n) is 10.6. The Labute approximate surface area is 131 Å². The monoisotopic (exact) mass is 360 g/mol. The van der Waals surface area contributed by atoms with E-state index in [1.54, 1.807) is 0 Å². The summed E-state index contributed by atoms with van der Waals surface area (Å²) in [6.45, 7) is 0. The quantitative estimate of drug-likeness (QED) is 0.581. The molecule has 3 N–H and O–H groups in total. The van der Waals surface area contributed by atoms with Gasteiger partial charge in [-0.3, -0.25) is 0 Å². The van der Waals surface area contributed by atoms with E-state index in [0.717, 1.165) is 6.07 Å². The Morgan fingerprint density at radius 1 is 1.05 bits per heavy atom. The average molecular weight is 360 g/mol. The second-order valence-electron chi connectivity index (χ2n) is 4.25. The summed E-state index contributed by atoms with van der Waals surface area (Å²) in [6.07, 6.45) is 0. The van der Waals surface area contributed by atoms with Gasteiger partial charge < -0.3 is 20.2 Å². The van der Waals surface area contributed by atoms with E-state index in [1.165, 1.54) is 18.2 Å². The lowest BCUT2D eigenvalue weighted by atomic mass is 10.1. The summed E-state index contributed by atoms with van der Waals surface area (Å²) < 4.78 is 67.2. The summed E-state index contributed by atoms with van der Waals surface area (Å²) in [5.74, 6) is 0. The molecule has 2 aromatic rings. The van der Waals surface area contributed by atoms with Gasteiger partial charge in [-0.25, -0.2) is 16.8 Å². The van der Waals surface area contributed by atoms with Crippen LogP contribution in [0.3, 0.4) is 0 Å². The number of fused-ring (bicyclic) bond motifs is 1. The Morgan fingerprint density at radius 2 is 1.68 bits per heavy atom. The molecule has 0 aliphatic carbocycles. The van der Waals surface area contributed by atoms with Crippen LogP contribution in [0, 0.1) is 0 Å². The van der Waals surface area contributed by atoms with Gasteiger partial charge in [-0.05, 0) is 47.3 Å². The second kappa shape index (κ2) is 5.44. The van der Waals surface area contributed by atoms with Gasteiger partial charge in [-0.2, -0.15) is 0 Å². The summed E-state index contributed by atoms with van der Waals surface area (Å²) >= 11 is 4.65. The normalized spacial score (nSPS) is 12.3. The van der Waals surface area contributed by atoms with Crippen LogP contribution in [-0.2, 0) is 20.2 Å². The zero-order valence-corrected chi connectivity index (χ0v) is 13.1. The molecule has 2 rings (SSSR count). The molecule has 0 radical (unpaired) electrons. The van der Waals surface area contributed by atoms with Gasteiger partial charge in [0.2, 0.25) is 0 Å². The average Bonchev–Trinajstić information content (AvgIpc) is 2.34. The summed E-state index contributed by atoms with van der Waals surface area (Å²) in [5, 5.41) is 2.55. The van der Waals surface area contributed by atoms with Gasteiger partial charge in [0.05, 0.1) is 9.79 Å². The minimum Gasteiger partial charge on any atom is -0.744 e. The Kier molecular flexibility index (Phi) is 4.10. The second-order valence-corrected chi connectivity index (χ2v) is 7.42. The van der Waals surface area contributed by atoms with E-state index in [1.807, 2.05) is 0 Å². The fourth-order valence-corrected chi connectivity index (χ4v) is 3.33. The van der Waals surface area contributed by atoms with Gasteiger partial charge in [0.25, 0.3) is 0 Å². The molecule has 0 heterocycles. The Morgan fingerprint density at radius 3 is 2.18 bits per heavy atom. The molecule has 11 heteroatoms. The summed E-state index contributed by atoms with van der Waals surface area (Å²) in [4.78, 5) is -1.61. The lowest BCUT2D eigenvalue weighted by Crippen LogP contribution is -2.18. The molecule has 0 atom stereocenters. The Balaban J connectivity index is 2.86. The van der Waals surface area contributed by atoms with E-state index in [4.69, 9.17) is 5.73 Å². The van der Waals surface area contributed by atoms with Crippen LogP contribution < -0.4 is 11.1 Å². The van der Waals surface area contributed by atoms with Crippen molar-refractivity contribution < 1.29 is 25.9 Å². The van der Waals surface area contributed by atoms with Crippen LogP contribution in [0.5, 0.6) is 0 Å². The molecular weight excluding hydrogens is 352 g/mol. The highest BCUT2D eigenvalue weighted by molar-refractivity contribution is 7.86. The number of hydrogen-bond donors (Lipinski definition) is 2. The number of nitrogens with two attached hydrogens (primary N) is 1. The molecule has 0 fully saturated rings. The van der Waals surface area contributed by atoms with Crippen molar-refractivity contribution in [1.29, 1.82) is 0 Å². The summed E-state index contributed by atoms with van der Waals surface area (Å²) in [6, 6.07) is 5.52. The number of benzene rings is 2. The fraction of sp³-hybridized carbons (Fsp3) is 0. The first-order valence-corrected chi connectivity index (χ1v) is 8.77. The highest BCUT2D eigenvalue weighted by Gasteiger charge is 2.13. The van der Waals surface area contributed by atoms with Crippen molar-refractivity contribution in [3.63, 3.8) is 0 Å². The third-order valence-electron chi connectivity index (χ3n) is 2.71. The van der Waals surface area contributed by atoms with E-state index in [-0.39, 0.29) is 15.9 Å². The number of hydrogen-bond acceptors (Lipinski definition) is 7. The maximum absolute atomic E-state index is 11.3. The minimum atomic E-state index is -4.97. The van der Waals surface area contributed by atoms with Gasteiger partial charge in [0, 0.05) is 5.69 Å². The lowest BCUT2D eigenvalue weighted by Gasteiger charge is -2.16. The molecule has 2 aromatic carbocycles. The van der Waals surface area contributed by atoms with Crippen molar-refractivity contribution in [1.82, 2.24) is 0 Å². The largest absolute Gasteiger partial charge is 0.744 e. The SMILES string of the molecule is NC(=S)Nc1ccc2c(S(=O)(=O)[O-])cc(S(=O)(=O)[O-])cc2c1. The first-order valence-electron chi connectivity index (χ1n) is 5.54. The predicted octanol–water partition coefficient (Wildman–Crippen LogP) is 0.303. The molecular formula is C11H8N2O6S3-2. The van der Waals surface area contributed by atoms with Crippen molar-refractivity contribution in [2.24, 2.45) is 5.73 Å². The highest BCUT2D eigenvalue weighted by Crippen LogP contribution is 2.29. The Bertz CT molecular complexity index is 982. The lowest BCUT2D eigenvalue weighted by molar-refractivity contribution is 0.462. The van der Waals surface area contributed by atoms with Crippen LogP contribution in [0.25, 0.3) is 10.8 Å². The van der Waals surface area contributed by atoms with Crippen molar-refractivity contribution >= 4 is 54.0 Å². The van der Waals surface area contributed by atoms with Gasteiger partial charge in [0.1, 0.15) is 20.2 Å². The van der Waals surface area contributed by atoms with Gasteiger partial charge in [-0.1, -0.05) is 6.07 Å². The summed E-state index contributed by atoms with van der Waals surface area (Å²) in [5.41, 5.74) is 5.64. The van der Waals surface area contributed by atoms with Gasteiger partial charge in [0.15, 0.2) is 5.11 Å². The maximum atomic E-state index is 11.3. The van der Waals surface area contributed by atoms with Crippen LogP contribution in [-0.4, -0.2) is 31.1 Å². The van der Waals surface area contributed by atoms with E-state index in [2.05, 4.69) is 17.5 Å². The maximum Gasteiger partial charge on any atom is 0.168 e. The number of thiocarbonyl (C=S) groups is 1. The molecule has 8 nitrogen and oxygen atoms in total. The third kappa shape index (κ3) is 3.51. The molecule has 0 bridgehead atoms. The van der Waals surface area contributed by atoms with Crippen molar-refractivity contribution in [3.05, 3.63) is 30.3 Å². The molecule has 0 aromatic heterocycles. The molecule has 0 aliphatic heterocycles. The minimum absolute atomic E-state index is 0.0177. The predicted molar refractivity (Wildman–Crippen MR) is 80.3 cm³/mol. The van der Waals surface area contributed by atoms with Gasteiger partial charge >= 0.3 is 0 Å². The van der Waals surface area contributed by atoms with Crippen molar-refractivity contribution in [2.75, 3.05) is 5.32 Å². The number of rotatable bonds is 3. The van der Waals surface area contributed by atoms with Gasteiger partial charge in [-0.15, -0.1) is 0 Å². The Hall–Kier alpha value is -1.79. The smallest absolute Gasteiger partial charge is 0.168 e. The molecule has 0 spiro atoms. The summed E-state index contributed by atoms with van der Waals surface area (Å²) in [7, 11) is -9.91. The van der Waals surface area contributed by atoms with Crippen molar-refractivity contribution in [2.45, 2.75) is 9.79 Å². The standard InChI is InChI=1S/C11H10N2O6S3/c12-11(20)13-7-1-2-9-6(3-7)4-8(21(14,15)16)5-10(9)22(17,18)19/h1-5H,(H3,12,13,20)(H,14,15,16)(H,17,18,19)/p-2. The molecule has 0 amide bonds. The number of nitrogens with one attached hydrogen (secondary N) is 1. The van der Waals surface area contributed by atoms with Crippen LogP contribution in [0.1, 0.15) is 0 Å². The van der Waals surface area contributed by atoms with Crippen LogP contribution in [0.4, 0.5) is 5.69 Å². The fourth-order valence-electron chi connectivity index (χ4n) is 1.88. The van der Waals surface area contributed by atoms with Crippen molar-refractivity contribution in [3.8, 4) is 0 Å². The first-order chi connectivity index (χ1) is 9.98. The highest BCUT2D eigenvalue weighted by atomic mass is 32.2. The van der Waals surface area contributed by atoms with Crippen LogP contribution in [0.2, 0.25) is 0 Å². The van der Waals surface area contributed by atoms with Crippen LogP contribution >= 0.6 is 12.2 Å². The van der Waals surface area contributed by atoms with E-state index in [9.17, 15) is 25.9 Å². The molecule has 0 saturated heterocycles.